The van der Waals surface area contributed by atoms with Crippen molar-refractivity contribution in [1.29, 1.82) is 5.26 Å². The van der Waals surface area contributed by atoms with E-state index >= 15 is 0 Å². The van der Waals surface area contributed by atoms with Crippen LogP contribution in [0.15, 0.2) is 42.5 Å². The second-order valence-electron chi connectivity index (χ2n) is 5.60. The van der Waals surface area contributed by atoms with Gasteiger partial charge in [0.25, 0.3) is 0 Å². The van der Waals surface area contributed by atoms with Crippen LogP contribution in [0.1, 0.15) is 16.7 Å². The van der Waals surface area contributed by atoms with Gasteiger partial charge in [0.15, 0.2) is 0 Å². The van der Waals surface area contributed by atoms with Crippen molar-refractivity contribution >= 4 is 13.3 Å². The summed E-state index contributed by atoms with van der Waals surface area (Å²) in [5.41, 5.74) is 3.47. The summed E-state index contributed by atoms with van der Waals surface area (Å²) < 4.78 is 0. The van der Waals surface area contributed by atoms with E-state index in [9.17, 15) is 0 Å². The van der Waals surface area contributed by atoms with E-state index in [0.29, 0.717) is 0 Å². The maximum absolute atomic E-state index is 8.86. The van der Waals surface area contributed by atoms with Gasteiger partial charge < -0.3 is 0 Å². The van der Waals surface area contributed by atoms with Gasteiger partial charge in [0.05, 0.1) is 19.7 Å². The zero-order valence-electron chi connectivity index (χ0n) is 11.7. The number of nitriles is 1. The van der Waals surface area contributed by atoms with Gasteiger partial charge in [0.2, 0.25) is 0 Å². The molecule has 0 aliphatic heterocycles. The van der Waals surface area contributed by atoms with Crippen LogP contribution in [0.25, 0.3) is 0 Å². The van der Waals surface area contributed by atoms with Crippen molar-refractivity contribution in [3.63, 3.8) is 0 Å². The van der Waals surface area contributed by atoms with Crippen LogP contribution in [-0.4, -0.2) is 8.07 Å². The van der Waals surface area contributed by atoms with Gasteiger partial charge in [0, 0.05) is 0 Å². The molecule has 2 aromatic rings. The Morgan fingerprint density at radius 3 is 2.42 bits per heavy atom. The Hall–Kier alpha value is -1.85. The average molecular weight is 264 g/mol. The molecular weight excluding hydrogens is 246 g/mol. The molecule has 0 aliphatic carbocycles. The standard InChI is InChI=1S/C17H18NSi/c1-14-6-4-5-7-16(14)13-19(2,3)17-10-8-15(12-18)9-11-17/h5-11H,13H2,1-3H3. The first-order chi connectivity index (χ1) is 9.03. The first-order valence-electron chi connectivity index (χ1n) is 6.49. The summed E-state index contributed by atoms with van der Waals surface area (Å²) >= 11 is 0. The molecule has 0 saturated carbocycles. The molecule has 0 saturated heterocycles. The highest BCUT2D eigenvalue weighted by molar-refractivity contribution is 6.89. The smallest absolute Gasteiger partial charge is 0.0991 e. The number of hydrogen-bond acceptors (Lipinski definition) is 1. The quantitative estimate of drug-likeness (QED) is 0.780. The SMILES string of the molecule is Cc1c[c]ccc1C[Si](C)(C)c1ccc(C#N)cc1. The summed E-state index contributed by atoms with van der Waals surface area (Å²) in [5, 5.41) is 10.3. The van der Waals surface area contributed by atoms with Crippen LogP contribution < -0.4 is 5.19 Å². The first-order valence-corrected chi connectivity index (χ1v) is 9.70. The number of aryl methyl sites for hydroxylation is 1. The third kappa shape index (κ3) is 3.13. The van der Waals surface area contributed by atoms with Gasteiger partial charge in [-0.2, -0.15) is 5.26 Å². The minimum atomic E-state index is -1.51. The Balaban J connectivity index is 2.27. The van der Waals surface area contributed by atoms with Crippen LogP contribution >= 0.6 is 0 Å². The van der Waals surface area contributed by atoms with Gasteiger partial charge in [-0.3, -0.25) is 0 Å². The molecule has 0 N–H and O–H groups in total. The summed E-state index contributed by atoms with van der Waals surface area (Å²) in [6.45, 7) is 6.91. The van der Waals surface area contributed by atoms with E-state index in [1.54, 1.807) is 0 Å². The highest BCUT2D eigenvalue weighted by atomic mass is 28.3. The van der Waals surface area contributed by atoms with E-state index in [-0.39, 0.29) is 0 Å². The summed E-state index contributed by atoms with van der Waals surface area (Å²) in [6.07, 6.45) is 0. The molecule has 0 spiro atoms. The lowest BCUT2D eigenvalue weighted by molar-refractivity contribution is 1.25. The minimum Gasteiger partial charge on any atom is -0.192 e. The fourth-order valence-electron chi connectivity index (χ4n) is 2.32. The summed E-state index contributed by atoms with van der Waals surface area (Å²) in [6, 6.07) is 20.7. The van der Waals surface area contributed by atoms with E-state index in [2.05, 4.69) is 56.4 Å². The van der Waals surface area contributed by atoms with Crippen molar-refractivity contribution in [2.24, 2.45) is 0 Å². The van der Waals surface area contributed by atoms with Crippen LogP contribution in [0.4, 0.5) is 0 Å². The lowest BCUT2D eigenvalue weighted by Crippen LogP contribution is -2.44. The molecule has 0 heterocycles. The number of nitrogens with zero attached hydrogens (tertiary/aromatic N) is 1. The average Bonchev–Trinajstić information content (AvgIpc) is 2.41. The van der Waals surface area contributed by atoms with Crippen LogP contribution in [-0.2, 0) is 6.04 Å². The highest BCUT2D eigenvalue weighted by Crippen LogP contribution is 2.16. The fraction of sp³-hybridized carbons (Fsp3) is 0.235. The van der Waals surface area contributed by atoms with Crippen molar-refractivity contribution < 1.29 is 0 Å². The molecule has 0 atom stereocenters. The second kappa shape index (κ2) is 5.42. The number of benzene rings is 2. The van der Waals surface area contributed by atoms with Crippen molar-refractivity contribution in [2.45, 2.75) is 26.1 Å². The third-order valence-corrected chi connectivity index (χ3v) is 6.78. The molecule has 1 nitrogen and oxygen atoms in total. The predicted molar refractivity (Wildman–Crippen MR) is 82.0 cm³/mol. The maximum atomic E-state index is 8.86. The van der Waals surface area contributed by atoms with Gasteiger partial charge in [-0.15, -0.1) is 0 Å². The van der Waals surface area contributed by atoms with Crippen LogP contribution in [0, 0.1) is 24.3 Å². The van der Waals surface area contributed by atoms with Crippen molar-refractivity contribution in [2.75, 3.05) is 0 Å². The molecule has 1 radical (unpaired) electrons. The summed E-state index contributed by atoms with van der Waals surface area (Å²) in [4.78, 5) is 0. The molecule has 0 aliphatic rings. The Labute approximate surface area is 116 Å². The maximum Gasteiger partial charge on any atom is 0.0991 e. The molecule has 0 bridgehead atoms. The highest BCUT2D eigenvalue weighted by Gasteiger charge is 2.24. The van der Waals surface area contributed by atoms with E-state index in [0.717, 1.165) is 11.6 Å². The molecule has 2 rings (SSSR count). The minimum absolute atomic E-state index is 0.735. The van der Waals surface area contributed by atoms with E-state index in [4.69, 9.17) is 5.26 Å². The summed E-state index contributed by atoms with van der Waals surface area (Å²) in [7, 11) is -1.51. The fourth-order valence-corrected chi connectivity index (χ4v) is 4.94. The number of hydrogen-bond donors (Lipinski definition) is 0. The Morgan fingerprint density at radius 2 is 1.84 bits per heavy atom. The molecule has 0 unspecified atom stereocenters. The van der Waals surface area contributed by atoms with Crippen molar-refractivity contribution in [3.05, 3.63) is 65.2 Å². The van der Waals surface area contributed by atoms with Gasteiger partial charge in [-0.05, 0) is 42.3 Å². The van der Waals surface area contributed by atoms with Crippen molar-refractivity contribution in [3.8, 4) is 6.07 Å². The van der Waals surface area contributed by atoms with Gasteiger partial charge in [0.1, 0.15) is 0 Å². The topological polar surface area (TPSA) is 23.8 Å². The zero-order chi connectivity index (χ0) is 13.9. The lowest BCUT2D eigenvalue weighted by Gasteiger charge is -2.24. The lowest BCUT2D eigenvalue weighted by atomic mass is 10.1. The second-order valence-corrected chi connectivity index (χ2v) is 10.3. The molecule has 19 heavy (non-hydrogen) atoms. The largest absolute Gasteiger partial charge is 0.192 e. The Bertz CT molecular complexity index is 606. The van der Waals surface area contributed by atoms with Crippen LogP contribution in [0.3, 0.4) is 0 Å². The third-order valence-electron chi connectivity index (χ3n) is 3.61. The van der Waals surface area contributed by atoms with Gasteiger partial charge in [-0.25, -0.2) is 0 Å². The monoisotopic (exact) mass is 264 g/mol. The van der Waals surface area contributed by atoms with Gasteiger partial charge in [-0.1, -0.05) is 48.6 Å². The van der Waals surface area contributed by atoms with Crippen LogP contribution in [0.2, 0.25) is 13.1 Å². The zero-order valence-corrected chi connectivity index (χ0v) is 12.7. The molecule has 0 aromatic heterocycles. The Morgan fingerprint density at radius 1 is 1.16 bits per heavy atom. The molecule has 95 valence electrons. The molecule has 0 fully saturated rings. The van der Waals surface area contributed by atoms with E-state index in [1.807, 2.05) is 18.2 Å². The normalized spacial score (nSPS) is 11.1. The molecule has 2 heteroatoms. The predicted octanol–water partition coefficient (Wildman–Crippen LogP) is 3.36. The Kier molecular flexibility index (Phi) is 3.87. The number of rotatable bonds is 3. The summed E-state index contributed by atoms with van der Waals surface area (Å²) in [5.74, 6) is 0. The molecular formula is C17H18NSi. The van der Waals surface area contributed by atoms with E-state index in [1.165, 1.54) is 16.3 Å². The van der Waals surface area contributed by atoms with Crippen molar-refractivity contribution in [1.82, 2.24) is 0 Å². The van der Waals surface area contributed by atoms with Gasteiger partial charge >= 0.3 is 0 Å². The van der Waals surface area contributed by atoms with Crippen LogP contribution in [0.5, 0.6) is 0 Å². The molecule has 0 amide bonds. The van der Waals surface area contributed by atoms with E-state index < -0.39 is 8.07 Å². The molecule has 2 aromatic carbocycles. The first kappa shape index (κ1) is 13.6.